The van der Waals surface area contributed by atoms with Crippen LogP contribution in [0.1, 0.15) is 35.7 Å². The maximum absolute atomic E-state index is 14.1. The summed E-state index contributed by atoms with van der Waals surface area (Å²) in [6.45, 7) is 0. The van der Waals surface area contributed by atoms with Crippen LogP contribution in [0.2, 0.25) is 0 Å². The molecule has 1 fully saturated rings. The van der Waals surface area contributed by atoms with Gasteiger partial charge in [-0.2, -0.15) is 0 Å². The molecule has 1 saturated carbocycles. The molecule has 4 aromatic rings. The number of benzene rings is 3. The number of amides is 1. The Hall–Kier alpha value is -4.17. The first-order chi connectivity index (χ1) is 17.9. The van der Waals surface area contributed by atoms with Crippen molar-refractivity contribution >= 4 is 11.6 Å². The molecule has 1 aliphatic rings. The molecule has 0 aliphatic heterocycles. The number of hydrazine groups is 1. The Balaban J connectivity index is 1.56. The molecular formula is C29H25F3N4O. The number of hydrogen-bond donors (Lipinski definition) is 3. The highest BCUT2D eigenvalue weighted by atomic mass is 19.1. The van der Waals surface area contributed by atoms with Gasteiger partial charge >= 0.3 is 0 Å². The molecule has 5 rings (SSSR count). The largest absolute Gasteiger partial charge is 0.347 e. The minimum absolute atomic E-state index is 0.0957. The molecule has 3 aromatic carbocycles. The fraction of sp³-hybridized carbons (Fsp3) is 0.172. The number of aromatic nitrogens is 1. The van der Waals surface area contributed by atoms with Crippen LogP contribution in [0.3, 0.4) is 0 Å². The van der Waals surface area contributed by atoms with Gasteiger partial charge in [0.2, 0.25) is 5.91 Å². The van der Waals surface area contributed by atoms with Gasteiger partial charge in [-0.1, -0.05) is 42.5 Å². The number of carbonyl (C=O) groups excluding carboxylic acids is 1. The maximum Gasteiger partial charge on any atom is 0.231 e. The summed E-state index contributed by atoms with van der Waals surface area (Å²) in [5, 5.41) is 3.11. The molecule has 37 heavy (non-hydrogen) atoms. The molecule has 8 heteroatoms. The molecule has 1 aliphatic carbocycles. The summed E-state index contributed by atoms with van der Waals surface area (Å²) in [7, 11) is 0. The molecule has 188 valence electrons. The van der Waals surface area contributed by atoms with Gasteiger partial charge in [0.25, 0.3) is 0 Å². The van der Waals surface area contributed by atoms with E-state index in [0.717, 1.165) is 11.6 Å². The van der Waals surface area contributed by atoms with Crippen molar-refractivity contribution in [1.82, 2.24) is 10.3 Å². The van der Waals surface area contributed by atoms with Crippen LogP contribution in [0.4, 0.5) is 18.9 Å². The van der Waals surface area contributed by atoms with Gasteiger partial charge in [0.15, 0.2) is 0 Å². The summed E-state index contributed by atoms with van der Waals surface area (Å²) in [4.78, 5) is 18.2. The summed E-state index contributed by atoms with van der Waals surface area (Å²) in [5.41, 5.74) is 4.79. The highest BCUT2D eigenvalue weighted by molar-refractivity contribution is 5.91. The zero-order valence-corrected chi connectivity index (χ0v) is 19.8. The second kappa shape index (κ2) is 10.1. The standard InChI is InChI=1S/C29H25F3N4O/c30-21-13-18(14-22(31)17-21)15-26(35-28(37)29(10-11-29)20-5-2-1-3-6-20)27-23(7-4-12-34-27)19-8-9-24(32)25(16-19)36-33/h1-9,12-14,16-17,26,36H,10-11,15,33H2,(H,35,37)/t26-/m0/s1. The van der Waals surface area contributed by atoms with Gasteiger partial charge in [-0.15, -0.1) is 0 Å². The van der Waals surface area contributed by atoms with Gasteiger partial charge in [-0.25, -0.2) is 13.2 Å². The predicted molar refractivity (Wildman–Crippen MR) is 136 cm³/mol. The Bertz CT molecular complexity index is 1420. The zero-order valence-electron chi connectivity index (χ0n) is 19.8. The molecule has 0 radical (unpaired) electrons. The third-order valence-electron chi connectivity index (χ3n) is 6.78. The molecule has 0 spiro atoms. The highest BCUT2D eigenvalue weighted by Gasteiger charge is 2.51. The monoisotopic (exact) mass is 502 g/mol. The average molecular weight is 503 g/mol. The van der Waals surface area contributed by atoms with Crippen LogP contribution in [0.5, 0.6) is 0 Å². The van der Waals surface area contributed by atoms with E-state index in [9.17, 15) is 18.0 Å². The normalized spacial score (nSPS) is 14.6. The quantitative estimate of drug-likeness (QED) is 0.217. The van der Waals surface area contributed by atoms with E-state index in [1.54, 1.807) is 30.5 Å². The minimum atomic E-state index is -0.717. The minimum Gasteiger partial charge on any atom is -0.347 e. The lowest BCUT2D eigenvalue weighted by Gasteiger charge is -2.25. The SMILES string of the molecule is NNc1cc(-c2cccnc2[C@H](Cc2cc(F)cc(F)c2)NC(=O)C2(c3ccccc3)CC2)ccc1F. The molecule has 1 atom stereocenters. The Morgan fingerprint density at radius 3 is 2.35 bits per heavy atom. The number of nitrogens with one attached hydrogen (secondary N) is 2. The van der Waals surface area contributed by atoms with Gasteiger partial charge in [-0.05, 0) is 66.3 Å². The Morgan fingerprint density at radius 1 is 0.946 bits per heavy atom. The molecule has 1 heterocycles. The van der Waals surface area contributed by atoms with Gasteiger partial charge in [-0.3, -0.25) is 15.6 Å². The first-order valence-corrected chi connectivity index (χ1v) is 11.9. The molecular weight excluding hydrogens is 477 g/mol. The van der Waals surface area contributed by atoms with Crippen molar-refractivity contribution in [3.8, 4) is 11.1 Å². The number of halogens is 3. The fourth-order valence-corrected chi connectivity index (χ4v) is 4.75. The summed E-state index contributed by atoms with van der Waals surface area (Å²) in [6.07, 6.45) is 3.07. The Kier molecular flexibility index (Phi) is 6.67. The van der Waals surface area contributed by atoms with Gasteiger partial charge in [0.05, 0.1) is 22.8 Å². The van der Waals surface area contributed by atoms with Crippen molar-refractivity contribution in [2.24, 2.45) is 5.84 Å². The second-order valence-corrected chi connectivity index (χ2v) is 9.23. The van der Waals surface area contributed by atoms with Crippen LogP contribution >= 0.6 is 0 Å². The number of nitrogen functional groups attached to an aromatic ring is 1. The van der Waals surface area contributed by atoms with Gasteiger partial charge < -0.3 is 10.7 Å². The number of pyridine rings is 1. The van der Waals surface area contributed by atoms with Crippen LogP contribution in [0, 0.1) is 17.5 Å². The molecule has 1 aromatic heterocycles. The van der Waals surface area contributed by atoms with Crippen molar-refractivity contribution in [3.05, 3.63) is 119 Å². The number of carbonyl (C=O) groups is 1. The molecule has 4 N–H and O–H groups in total. The lowest BCUT2D eigenvalue weighted by molar-refractivity contribution is -0.124. The van der Waals surface area contributed by atoms with E-state index in [-0.39, 0.29) is 18.0 Å². The summed E-state index contributed by atoms with van der Waals surface area (Å²) < 4.78 is 42.2. The van der Waals surface area contributed by atoms with Gasteiger partial charge in [0, 0.05) is 17.8 Å². The first kappa shape index (κ1) is 24.5. The lowest BCUT2D eigenvalue weighted by atomic mass is 9.92. The van der Waals surface area contributed by atoms with Crippen LogP contribution < -0.4 is 16.6 Å². The topological polar surface area (TPSA) is 80.0 Å². The summed E-state index contributed by atoms with van der Waals surface area (Å²) in [6, 6.07) is 20.0. The van der Waals surface area contributed by atoms with E-state index in [4.69, 9.17) is 5.84 Å². The summed E-state index contributed by atoms with van der Waals surface area (Å²) >= 11 is 0. The Morgan fingerprint density at radius 2 is 1.68 bits per heavy atom. The summed E-state index contributed by atoms with van der Waals surface area (Å²) in [5.74, 6) is 3.36. The van der Waals surface area contributed by atoms with Crippen molar-refractivity contribution in [1.29, 1.82) is 0 Å². The maximum atomic E-state index is 14.1. The number of rotatable bonds is 8. The average Bonchev–Trinajstić information content (AvgIpc) is 3.71. The van der Waals surface area contributed by atoms with E-state index in [0.29, 0.717) is 35.2 Å². The zero-order chi connectivity index (χ0) is 26.0. The van der Waals surface area contributed by atoms with E-state index in [1.807, 2.05) is 30.3 Å². The molecule has 1 amide bonds. The van der Waals surface area contributed by atoms with Crippen molar-refractivity contribution < 1.29 is 18.0 Å². The van der Waals surface area contributed by atoms with Crippen molar-refractivity contribution in [3.63, 3.8) is 0 Å². The predicted octanol–water partition coefficient (Wildman–Crippen LogP) is 5.58. The number of anilines is 1. The molecule has 5 nitrogen and oxygen atoms in total. The number of hydrogen-bond acceptors (Lipinski definition) is 4. The van der Waals surface area contributed by atoms with E-state index in [2.05, 4.69) is 15.7 Å². The Labute approximate surface area is 212 Å². The smallest absolute Gasteiger partial charge is 0.231 e. The van der Waals surface area contributed by atoms with Crippen LogP contribution in [0.25, 0.3) is 11.1 Å². The van der Waals surface area contributed by atoms with Crippen LogP contribution in [0.15, 0.2) is 85.1 Å². The number of nitrogens with zero attached hydrogens (tertiary/aromatic N) is 1. The molecule has 0 saturated heterocycles. The van der Waals surface area contributed by atoms with Crippen molar-refractivity contribution in [2.75, 3.05) is 5.43 Å². The second-order valence-electron chi connectivity index (χ2n) is 9.23. The highest BCUT2D eigenvalue weighted by Crippen LogP contribution is 2.49. The number of nitrogens with two attached hydrogens (primary N) is 1. The molecule has 0 unspecified atom stereocenters. The van der Waals surface area contributed by atoms with E-state index < -0.39 is 28.9 Å². The van der Waals surface area contributed by atoms with E-state index in [1.165, 1.54) is 18.2 Å². The third kappa shape index (κ3) is 5.06. The van der Waals surface area contributed by atoms with Crippen LogP contribution in [-0.2, 0) is 16.6 Å². The molecule has 0 bridgehead atoms. The van der Waals surface area contributed by atoms with Crippen molar-refractivity contribution in [2.45, 2.75) is 30.7 Å². The van der Waals surface area contributed by atoms with Gasteiger partial charge in [0.1, 0.15) is 17.5 Å². The van der Waals surface area contributed by atoms with Crippen LogP contribution in [-0.4, -0.2) is 10.9 Å². The fourth-order valence-electron chi connectivity index (χ4n) is 4.75. The first-order valence-electron chi connectivity index (χ1n) is 11.9. The van der Waals surface area contributed by atoms with E-state index >= 15 is 0 Å². The lowest BCUT2D eigenvalue weighted by Crippen LogP contribution is -2.38. The third-order valence-corrected chi connectivity index (χ3v) is 6.78.